The first-order valence-electron chi connectivity index (χ1n) is 12.0. The molecule has 8 nitrogen and oxygen atoms in total. The number of Topliss-reactive ketones (excluding diaryl/α,β-unsaturated/α-hetero) is 2. The number of rotatable bonds is 9. The first-order valence-corrected chi connectivity index (χ1v) is 12.8. The highest BCUT2D eigenvalue weighted by Crippen LogP contribution is 2.27. The van der Waals surface area contributed by atoms with Crippen LogP contribution in [0.3, 0.4) is 0 Å². The van der Waals surface area contributed by atoms with E-state index in [1.165, 1.54) is 32.7 Å². The van der Waals surface area contributed by atoms with E-state index in [2.05, 4.69) is 16.9 Å². The van der Waals surface area contributed by atoms with Crippen molar-refractivity contribution in [1.29, 1.82) is 0 Å². The molecule has 204 valence electrons. The van der Waals surface area contributed by atoms with E-state index in [0.717, 1.165) is 13.0 Å². The average Bonchev–Trinajstić information content (AvgIpc) is 2.78. The lowest BCUT2D eigenvalue weighted by molar-refractivity contribution is -0.119. The minimum absolute atomic E-state index is 0.0362. The number of benzene rings is 1. The van der Waals surface area contributed by atoms with Crippen LogP contribution in [0.1, 0.15) is 78.6 Å². The fraction of sp³-hybridized carbons (Fsp3) is 0.556. The first kappa shape index (κ1) is 35.5. The lowest BCUT2D eigenvalue weighted by Gasteiger charge is -2.18. The summed E-state index contributed by atoms with van der Waals surface area (Å²) in [5.41, 5.74) is 11.9. The van der Waals surface area contributed by atoms with Crippen molar-refractivity contribution in [2.24, 2.45) is 27.8 Å². The van der Waals surface area contributed by atoms with Gasteiger partial charge >= 0.3 is 0 Å². The Labute approximate surface area is 221 Å². The van der Waals surface area contributed by atoms with Crippen molar-refractivity contribution in [3.8, 4) is 5.75 Å². The Morgan fingerprint density at radius 1 is 1.22 bits per heavy atom. The standard InChI is InChI=1S/C15H21NO3.C7H15NO.C5H10N2S/c1-10(17)11-6-7-12(13(8-11)19-5)16-14(18)9-15(2,3)4;1-4-5(2)7(8)6(3)9;1-3-7-5(6)8-4-2/h6-8H,9H2,1-5H3,(H,16,18);5,7H,4,8H2,1-3H3;4H,2-3H2,1H3,(H2,6,7)/t;5-,7?;/m.0./s1. The van der Waals surface area contributed by atoms with E-state index in [0.29, 0.717) is 34.5 Å². The zero-order chi connectivity index (χ0) is 28.5. The van der Waals surface area contributed by atoms with Gasteiger partial charge in [-0.3, -0.25) is 19.4 Å². The summed E-state index contributed by atoms with van der Waals surface area (Å²) in [6.07, 6.45) is 1.39. The molecule has 1 aromatic rings. The molecular formula is C27H46N4O4S. The van der Waals surface area contributed by atoms with Gasteiger partial charge in [-0.25, -0.2) is 0 Å². The van der Waals surface area contributed by atoms with Gasteiger partial charge in [0.1, 0.15) is 11.5 Å². The van der Waals surface area contributed by atoms with Gasteiger partial charge in [-0.05, 0) is 55.7 Å². The fourth-order valence-electron chi connectivity index (χ4n) is 2.62. The number of carbonyl (C=O) groups is 3. The van der Waals surface area contributed by atoms with Gasteiger partial charge in [-0.1, -0.05) is 59.4 Å². The number of nitrogens with two attached hydrogens (primary N) is 2. The average molecular weight is 523 g/mol. The quantitative estimate of drug-likeness (QED) is 0.224. The number of methoxy groups -OCH3 is 1. The van der Waals surface area contributed by atoms with Crippen LogP contribution in [-0.2, 0) is 9.59 Å². The minimum Gasteiger partial charge on any atom is -0.495 e. The second-order valence-corrected chi connectivity index (χ2v) is 10.4. The maximum Gasteiger partial charge on any atom is 0.224 e. The number of thioether (sulfide) groups is 1. The molecule has 0 fully saturated rings. The third-order valence-electron chi connectivity index (χ3n) is 4.82. The van der Waals surface area contributed by atoms with Crippen LogP contribution >= 0.6 is 11.8 Å². The number of amides is 1. The number of aliphatic imine (C=N–C) groups is 1. The summed E-state index contributed by atoms with van der Waals surface area (Å²) >= 11 is 1.35. The highest BCUT2D eigenvalue weighted by atomic mass is 32.2. The van der Waals surface area contributed by atoms with Crippen molar-refractivity contribution >= 4 is 40.1 Å². The summed E-state index contributed by atoms with van der Waals surface area (Å²) in [5, 5.41) is 5.06. The fourth-order valence-corrected chi connectivity index (χ4v) is 3.00. The first-order chi connectivity index (χ1) is 16.6. The van der Waals surface area contributed by atoms with Crippen LogP contribution in [0.5, 0.6) is 5.75 Å². The van der Waals surface area contributed by atoms with Crippen LogP contribution in [0.25, 0.3) is 0 Å². The van der Waals surface area contributed by atoms with Crippen molar-refractivity contribution in [1.82, 2.24) is 0 Å². The van der Waals surface area contributed by atoms with Crippen molar-refractivity contribution in [3.63, 3.8) is 0 Å². The maximum atomic E-state index is 11.9. The molecule has 5 N–H and O–H groups in total. The van der Waals surface area contributed by atoms with Crippen LogP contribution < -0.4 is 21.5 Å². The van der Waals surface area contributed by atoms with Crippen LogP contribution in [-0.4, -0.2) is 42.3 Å². The number of hydrogen-bond donors (Lipinski definition) is 3. The number of ether oxygens (including phenoxy) is 1. The highest BCUT2D eigenvalue weighted by molar-refractivity contribution is 8.16. The molecule has 0 aliphatic heterocycles. The Hall–Kier alpha value is -2.65. The van der Waals surface area contributed by atoms with Gasteiger partial charge in [-0.2, -0.15) is 0 Å². The van der Waals surface area contributed by atoms with Crippen LogP contribution in [0, 0.1) is 11.3 Å². The Kier molecular flexibility index (Phi) is 18.3. The van der Waals surface area contributed by atoms with E-state index >= 15 is 0 Å². The topological polar surface area (TPSA) is 137 Å². The maximum absolute atomic E-state index is 11.9. The van der Waals surface area contributed by atoms with Gasteiger partial charge < -0.3 is 21.5 Å². The summed E-state index contributed by atoms with van der Waals surface area (Å²) in [6.45, 7) is 19.2. The molecule has 0 bridgehead atoms. The summed E-state index contributed by atoms with van der Waals surface area (Å²) in [4.78, 5) is 37.7. The van der Waals surface area contributed by atoms with E-state index < -0.39 is 0 Å². The zero-order valence-corrected chi connectivity index (χ0v) is 24.3. The summed E-state index contributed by atoms with van der Waals surface area (Å²) in [5.74, 6) is 0.800. The number of nitrogens with one attached hydrogen (secondary N) is 1. The Morgan fingerprint density at radius 3 is 2.17 bits per heavy atom. The zero-order valence-electron chi connectivity index (χ0n) is 23.4. The van der Waals surface area contributed by atoms with Gasteiger partial charge in [0.15, 0.2) is 11.0 Å². The molecule has 0 spiro atoms. The molecule has 0 radical (unpaired) electrons. The second kappa shape index (κ2) is 18.6. The third kappa shape index (κ3) is 16.9. The molecule has 0 aromatic heterocycles. The molecule has 1 aromatic carbocycles. The smallest absolute Gasteiger partial charge is 0.224 e. The molecular weight excluding hydrogens is 476 g/mol. The Balaban J connectivity index is 0. The van der Waals surface area contributed by atoms with Gasteiger partial charge in [0.25, 0.3) is 0 Å². The Bertz CT molecular complexity index is 879. The largest absolute Gasteiger partial charge is 0.495 e. The lowest BCUT2D eigenvalue weighted by atomic mass is 9.92. The number of anilines is 1. The van der Waals surface area contributed by atoms with Crippen LogP contribution in [0.2, 0.25) is 0 Å². The predicted molar refractivity (Wildman–Crippen MR) is 154 cm³/mol. The van der Waals surface area contributed by atoms with E-state index in [9.17, 15) is 14.4 Å². The molecule has 0 saturated heterocycles. The van der Waals surface area contributed by atoms with Gasteiger partial charge in [0.2, 0.25) is 5.91 Å². The molecule has 9 heteroatoms. The number of ketones is 2. The Morgan fingerprint density at radius 2 is 1.81 bits per heavy atom. The summed E-state index contributed by atoms with van der Waals surface area (Å²) in [6, 6.07) is 4.75. The molecule has 36 heavy (non-hydrogen) atoms. The minimum atomic E-state index is -0.255. The van der Waals surface area contributed by atoms with Crippen molar-refractivity contribution in [2.45, 2.75) is 74.3 Å². The summed E-state index contributed by atoms with van der Waals surface area (Å²) < 4.78 is 5.20. The lowest BCUT2D eigenvalue weighted by Crippen LogP contribution is -2.34. The third-order valence-corrected chi connectivity index (χ3v) is 5.35. The molecule has 0 saturated carbocycles. The number of nitrogens with zero attached hydrogens (tertiary/aromatic N) is 1. The second-order valence-electron chi connectivity index (χ2n) is 9.38. The molecule has 1 rings (SSSR count). The van der Waals surface area contributed by atoms with Gasteiger partial charge in [0.05, 0.1) is 18.8 Å². The molecule has 0 aliphatic carbocycles. The van der Waals surface area contributed by atoms with Gasteiger partial charge in [0, 0.05) is 18.5 Å². The monoisotopic (exact) mass is 522 g/mol. The SMILES string of the molecule is C=CSC(N)=NCC.CC[C@H](C)C(N)C(C)=O.COc1cc(C(C)=O)ccc1NC(=O)CC(C)(C)C. The molecule has 1 amide bonds. The summed E-state index contributed by atoms with van der Waals surface area (Å²) in [7, 11) is 1.51. The van der Waals surface area contributed by atoms with E-state index in [4.69, 9.17) is 16.2 Å². The van der Waals surface area contributed by atoms with E-state index in [1.807, 2.05) is 41.5 Å². The molecule has 1 unspecified atom stereocenters. The molecule has 2 atom stereocenters. The van der Waals surface area contributed by atoms with E-state index in [1.54, 1.807) is 23.6 Å². The number of carbonyl (C=O) groups excluding carboxylic acids is 3. The highest BCUT2D eigenvalue weighted by Gasteiger charge is 2.17. The number of hydrogen-bond acceptors (Lipinski definition) is 7. The molecule has 0 aliphatic rings. The van der Waals surface area contributed by atoms with Crippen LogP contribution in [0.4, 0.5) is 5.69 Å². The normalized spacial score (nSPS) is 12.6. The van der Waals surface area contributed by atoms with Gasteiger partial charge in [-0.15, -0.1) is 0 Å². The van der Waals surface area contributed by atoms with Crippen molar-refractivity contribution in [3.05, 3.63) is 35.7 Å². The van der Waals surface area contributed by atoms with E-state index in [-0.39, 0.29) is 28.9 Å². The van der Waals surface area contributed by atoms with Crippen molar-refractivity contribution in [2.75, 3.05) is 19.0 Å². The van der Waals surface area contributed by atoms with Crippen molar-refractivity contribution < 1.29 is 19.1 Å². The van der Waals surface area contributed by atoms with Crippen LogP contribution in [0.15, 0.2) is 35.2 Å². The predicted octanol–water partition coefficient (Wildman–Crippen LogP) is 5.42. The molecule has 0 heterocycles. The number of amidine groups is 1.